The van der Waals surface area contributed by atoms with Crippen LogP contribution in [-0.2, 0) is 11.3 Å². The standard InChI is InChI=1S/C29H29Cl2N5O4/c1-17(37)36-12-10-35(11-13-36)16-18-4-6-19(7-5-18)29(38)32-28-21-9-8-20(14-22(21)33-34-28)25-26(30)23(39-2)15-24(40-3)27(25)31/h4-9,14-15H,10-13,16H2,1-3H3,(H2,32,33,34,38). The number of rotatable bonds is 7. The molecule has 5 rings (SSSR count). The Morgan fingerprint density at radius 2 is 1.60 bits per heavy atom. The van der Waals surface area contributed by atoms with Crippen molar-refractivity contribution < 1.29 is 19.1 Å². The van der Waals surface area contributed by atoms with Crippen LogP contribution in [0.4, 0.5) is 5.82 Å². The molecule has 1 aromatic heterocycles. The summed E-state index contributed by atoms with van der Waals surface area (Å²) in [6.07, 6.45) is 0. The van der Waals surface area contributed by atoms with E-state index >= 15 is 0 Å². The van der Waals surface area contributed by atoms with Crippen molar-refractivity contribution in [3.63, 3.8) is 0 Å². The first-order valence-electron chi connectivity index (χ1n) is 12.8. The number of anilines is 1. The van der Waals surface area contributed by atoms with E-state index in [1.807, 2.05) is 47.4 Å². The number of hydrogen-bond donors (Lipinski definition) is 2. The van der Waals surface area contributed by atoms with Crippen LogP contribution < -0.4 is 14.8 Å². The molecule has 0 aliphatic carbocycles. The molecular formula is C29H29Cl2N5O4. The number of amides is 2. The van der Waals surface area contributed by atoms with E-state index in [1.165, 1.54) is 14.2 Å². The number of hydrogen-bond acceptors (Lipinski definition) is 6. The highest BCUT2D eigenvalue weighted by molar-refractivity contribution is 6.41. The van der Waals surface area contributed by atoms with Crippen LogP contribution in [0.25, 0.3) is 22.0 Å². The Morgan fingerprint density at radius 3 is 2.20 bits per heavy atom. The minimum Gasteiger partial charge on any atom is -0.495 e. The zero-order valence-electron chi connectivity index (χ0n) is 22.4. The van der Waals surface area contributed by atoms with E-state index in [2.05, 4.69) is 20.4 Å². The van der Waals surface area contributed by atoms with E-state index in [4.69, 9.17) is 32.7 Å². The molecule has 2 amide bonds. The summed E-state index contributed by atoms with van der Waals surface area (Å²) in [5, 5.41) is 11.6. The van der Waals surface area contributed by atoms with Crippen molar-refractivity contribution in [2.75, 3.05) is 45.7 Å². The van der Waals surface area contributed by atoms with Crippen molar-refractivity contribution in [2.45, 2.75) is 13.5 Å². The molecule has 2 heterocycles. The van der Waals surface area contributed by atoms with Gasteiger partial charge in [0.2, 0.25) is 5.91 Å². The van der Waals surface area contributed by atoms with Crippen LogP contribution in [0.15, 0.2) is 48.5 Å². The third kappa shape index (κ3) is 5.58. The lowest BCUT2D eigenvalue weighted by molar-refractivity contribution is -0.130. The maximum atomic E-state index is 13.0. The van der Waals surface area contributed by atoms with Gasteiger partial charge in [0, 0.05) is 62.2 Å². The number of fused-ring (bicyclic) bond motifs is 1. The summed E-state index contributed by atoms with van der Waals surface area (Å²) in [4.78, 5) is 28.7. The van der Waals surface area contributed by atoms with Gasteiger partial charge in [-0.1, -0.05) is 41.4 Å². The minimum absolute atomic E-state index is 0.117. The Labute approximate surface area is 241 Å². The lowest BCUT2D eigenvalue weighted by Gasteiger charge is -2.34. The fourth-order valence-electron chi connectivity index (χ4n) is 4.83. The number of ether oxygens (including phenoxy) is 2. The van der Waals surface area contributed by atoms with Gasteiger partial charge in [-0.25, -0.2) is 0 Å². The quantitative estimate of drug-likeness (QED) is 0.300. The average Bonchev–Trinajstić information content (AvgIpc) is 3.35. The number of carbonyl (C=O) groups excluding carboxylic acids is 2. The molecule has 0 bridgehead atoms. The molecule has 11 heteroatoms. The molecule has 0 atom stereocenters. The monoisotopic (exact) mass is 581 g/mol. The van der Waals surface area contributed by atoms with Gasteiger partial charge in [0.1, 0.15) is 11.5 Å². The SMILES string of the molecule is COc1cc(OC)c(Cl)c(-c2ccc3c(NC(=O)c4ccc(CN5CCN(C(C)=O)CC5)cc4)n[nH]c3c2)c1Cl. The number of piperazine rings is 1. The molecule has 4 aromatic rings. The van der Waals surface area contributed by atoms with Gasteiger partial charge < -0.3 is 19.7 Å². The minimum atomic E-state index is -0.261. The molecule has 0 saturated carbocycles. The molecule has 1 fully saturated rings. The van der Waals surface area contributed by atoms with Crippen LogP contribution in [0.2, 0.25) is 10.0 Å². The summed E-state index contributed by atoms with van der Waals surface area (Å²) in [7, 11) is 3.05. The average molecular weight is 582 g/mol. The van der Waals surface area contributed by atoms with Crippen LogP contribution in [0.3, 0.4) is 0 Å². The summed E-state index contributed by atoms with van der Waals surface area (Å²) in [6.45, 7) is 5.52. The summed E-state index contributed by atoms with van der Waals surface area (Å²) in [6, 6.07) is 14.7. The smallest absolute Gasteiger partial charge is 0.256 e. The Hall–Kier alpha value is -3.79. The number of carbonyl (C=O) groups is 2. The summed E-state index contributed by atoms with van der Waals surface area (Å²) < 4.78 is 10.8. The van der Waals surface area contributed by atoms with E-state index in [9.17, 15) is 9.59 Å². The molecule has 2 N–H and O–H groups in total. The molecule has 1 aliphatic heterocycles. The van der Waals surface area contributed by atoms with E-state index in [0.29, 0.717) is 44.0 Å². The number of nitrogens with one attached hydrogen (secondary N) is 2. The number of benzene rings is 3. The zero-order chi connectivity index (χ0) is 28.4. The Balaban J connectivity index is 1.29. The highest BCUT2D eigenvalue weighted by Crippen LogP contribution is 2.46. The lowest BCUT2D eigenvalue weighted by Crippen LogP contribution is -2.47. The second kappa shape index (κ2) is 11.8. The van der Waals surface area contributed by atoms with Crippen molar-refractivity contribution in [2.24, 2.45) is 0 Å². The van der Waals surface area contributed by atoms with Crippen molar-refractivity contribution in [3.8, 4) is 22.6 Å². The molecule has 0 unspecified atom stereocenters. The van der Waals surface area contributed by atoms with Gasteiger partial charge >= 0.3 is 0 Å². The number of aromatic amines is 1. The molecule has 1 saturated heterocycles. The molecule has 3 aromatic carbocycles. The highest BCUT2D eigenvalue weighted by atomic mass is 35.5. The lowest BCUT2D eigenvalue weighted by atomic mass is 10.0. The van der Waals surface area contributed by atoms with Crippen LogP contribution in [0, 0.1) is 0 Å². The molecule has 0 spiro atoms. The van der Waals surface area contributed by atoms with E-state index in [0.717, 1.165) is 49.2 Å². The maximum absolute atomic E-state index is 13.0. The summed E-state index contributed by atoms with van der Waals surface area (Å²) in [5.74, 6) is 1.16. The Kier molecular flexibility index (Phi) is 8.16. The normalized spacial score (nSPS) is 13.9. The maximum Gasteiger partial charge on any atom is 0.256 e. The Bertz CT molecular complexity index is 1530. The van der Waals surface area contributed by atoms with Crippen LogP contribution in [-0.4, -0.2) is 72.2 Å². The van der Waals surface area contributed by atoms with Crippen molar-refractivity contribution >= 4 is 51.7 Å². The highest BCUT2D eigenvalue weighted by Gasteiger charge is 2.21. The van der Waals surface area contributed by atoms with Gasteiger partial charge in [-0.15, -0.1) is 0 Å². The van der Waals surface area contributed by atoms with Crippen molar-refractivity contribution in [1.82, 2.24) is 20.0 Å². The summed E-state index contributed by atoms with van der Waals surface area (Å²) >= 11 is 13.2. The largest absolute Gasteiger partial charge is 0.495 e. The van der Waals surface area contributed by atoms with Crippen LogP contribution in [0.5, 0.6) is 11.5 Å². The Morgan fingerprint density at radius 1 is 0.950 bits per heavy atom. The predicted molar refractivity (Wildman–Crippen MR) is 157 cm³/mol. The topological polar surface area (TPSA) is 99.8 Å². The number of aromatic nitrogens is 2. The molecule has 40 heavy (non-hydrogen) atoms. The second-order valence-electron chi connectivity index (χ2n) is 9.55. The molecule has 1 aliphatic rings. The number of methoxy groups -OCH3 is 2. The van der Waals surface area contributed by atoms with Gasteiger partial charge in [0.05, 0.1) is 29.8 Å². The third-order valence-corrected chi connectivity index (χ3v) is 7.85. The van der Waals surface area contributed by atoms with Gasteiger partial charge in [-0.05, 0) is 35.4 Å². The zero-order valence-corrected chi connectivity index (χ0v) is 23.9. The van der Waals surface area contributed by atoms with Gasteiger partial charge in [-0.3, -0.25) is 19.6 Å². The van der Waals surface area contributed by atoms with Gasteiger partial charge in [0.25, 0.3) is 5.91 Å². The van der Waals surface area contributed by atoms with E-state index in [1.54, 1.807) is 13.0 Å². The fourth-order valence-corrected chi connectivity index (χ4v) is 5.55. The first-order valence-corrected chi connectivity index (χ1v) is 13.5. The van der Waals surface area contributed by atoms with Gasteiger partial charge in [0.15, 0.2) is 5.82 Å². The molecule has 0 radical (unpaired) electrons. The number of nitrogens with zero attached hydrogens (tertiary/aromatic N) is 3. The second-order valence-corrected chi connectivity index (χ2v) is 10.3. The van der Waals surface area contributed by atoms with Crippen LogP contribution >= 0.6 is 23.2 Å². The summed E-state index contributed by atoms with van der Waals surface area (Å²) in [5.41, 5.74) is 3.64. The van der Waals surface area contributed by atoms with E-state index in [-0.39, 0.29) is 11.8 Å². The third-order valence-electron chi connectivity index (χ3n) is 7.10. The predicted octanol–water partition coefficient (Wildman–Crippen LogP) is 5.47. The van der Waals surface area contributed by atoms with E-state index < -0.39 is 0 Å². The van der Waals surface area contributed by atoms with Crippen LogP contribution in [0.1, 0.15) is 22.8 Å². The molecule has 9 nitrogen and oxygen atoms in total. The van der Waals surface area contributed by atoms with Crippen molar-refractivity contribution in [1.29, 1.82) is 0 Å². The first kappa shape index (κ1) is 27.8. The molecule has 208 valence electrons. The number of H-pyrrole nitrogens is 1. The van der Waals surface area contributed by atoms with Crippen molar-refractivity contribution in [3.05, 3.63) is 69.7 Å². The van der Waals surface area contributed by atoms with Gasteiger partial charge in [-0.2, -0.15) is 5.10 Å². The number of halogens is 2. The first-order chi connectivity index (χ1) is 19.3. The fraction of sp³-hybridized carbons (Fsp3) is 0.276. The molecular weight excluding hydrogens is 553 g/mol.